The number of benzene rings is 1. The summed E-state index contributed by atoms with van der Waals surface area (Å²) >= 11 is 11.9. The molecule has 2 rings (SSSR count). The fourth-order valence-corrected chi connectivity index (χ4v) is 2.87. The molecule has 0 spiro atoms. The van der Waals surface area contributed by atoms with Gasteiger partial charge in [-0.15, -0.1) is 24.0 Å². The molecule has 1 aromatic heterocycles. The number of hydrogen-bond acceptors (Lipinski definition) is 3. The van der Waals surface area contributed by atoms with Gasteiger partial charge in [0.2, 0.25) is 0 Å². The van der Waals surface area contributed by atoms with Gasteiger partial charge in [-0.05, 0) is 17.5 Å². The van der Waals surface area contributed by atoms with Crippen LogP contribution in [0, 0.1) is 11.3 Å². The van der Waals surface area contributed by atoms with Gasteiger partial charge in [-0.2, -0.15) is 5.26 Å². The van der Waals surface area contributed by atoms with E-state index in [-0.39, 0.29) is 0 Å². The molecule has 0 atom stereocenters. The number of halogens is 1. The Bertz CT molecular complexity index is 525. The predicted octanol–water partition coefficient (Wildman–Crippen LogP) is 3.91. The number of thiol groups is 1. The normalized spacial score (nSPS) is 10.4. The zero-order valence-corrected chi connectivity index (χ0v) is 9.59. The van der Waals surface area contributed by atoms with Crippen LogP contribution in [-0.4, -0.2) is 0 Å². The van der Waals surface area contributed by atoms with Crippen molar-refractivity contribution in [2.45, 2.75) is 11.3 Å². The van der Waals surface area contributed by atoms with E-state index >= 15 is 0 Å². The van der Waals surface area contributed by atoms with Crippen LogP contribution in [0.15, 0.2) is 23.1 Å². The Kier molecular flexibility index (Phi) is 2.69. The molecule has 2 aromatic rings. The minimum Gasteiger partial charge on any atom is -0.198 e. The molecule has 0 aliphatic carbocycles. The van der Waals surface area contributed by atoms with Crippen molar-refractivity contribution in [3.63, 3.8) is 0 Å². The second-order valence-electron chi connectivity index (χ2n) is 2.86. The predicted molar refractivity (Wildman–Crippen MR) is 63.4 cm³/mol. The Morgan fingerprint density at radius 3 is 3.00 bits per heavy atom. The molecule has 0 bridgehead atoms. The molecule has 4 heteroatoms. The lowest BCUT2D eigenvalue weighted by Crippen LogP contribution is -1.69. The van der Waals surface area contributed by atoms with E-state index < -0.39 is 0 Å². The molecule has 0 unspecified atom stereocenters. The molecular weight excluding hydrogens is 234 g/mol. The summed E-state index contributed by atoms with van der Waals surface area (Å²) in [5.41, 5.74) is 0. The van der Waals surface area contributed by atoms with Gasteiger partial charge in [0.25, 0.3) is 0 Å². The second-order valence-corrected chi connectivity index (χ2v) is 4.85. The van der Waals surface area contributed by atoms with Gasteiger partial charge >= 0.3 is 0 Å². The topological polar surface area (TPSA) is 23.8 Å². The van der Waals surface area contributed by atoms with Crippen molar-refractivity contribution in [2.75, 3.05) is 0 Å². The molecule has 1 heterocycles. The van der Waals surface area contributed by atoms with Gasteiger partial charge in [0, 0.05) is 14.5 Å². The highest BCUT2D eigenvalue weighted by Gasteiger charge is 2.06. The van der Waals surface area contributed by atoms with Crippen molar-refractivity contribution in [1.29, 1.82) is 5.26 Å². The third-order valence-electron chi connectivity index (χ3n) is 1.92. The smallest absolute Gasteiger partial charge is 0.0696 e. The van der Waals surface area contributed by atoms with E-state index in [4.69, 9.17) is 16.9 Å². The average molecular weight is 240 g/mol. The molecule has 1 aromatic carbocycles. The molecular formula is C10H6ClNS2. The maximum atomic E-state index is 8.58. The van der Waals surface area contributed by atoms with E-state index in [1.165, 1.54) is 0 Å². The lowest BCUT2D eigenvalue weighted by atomic mass is 10.2. The SMILES string of the molecule is N#CCc1cc2ccc(Cl)c(S)c2s1. The number of hydrogen-bond donors (Lipinski definition) is 1. The van der Waals surface area contributed by atoms with Crippen molar-refractivity contribution in [3.8, 4) is 6.07 Å². The quantitative estimate of drug-likeness (QED) is 0.750. The lowest BCUT2D eigenvalue weighted by molar-refractivity contribution is 1.32. The maximum Gasteiger partial charge on any atom is 0.0696 e. The average Bonchev–Trinajstić information content (AvgIpc) is 2.56. The summed E-state index contributed by atoms with van der Waals surface area (Å²) in [6.45, 7) is 0. The van der Waals surface area contributed by atoms with E-state index in [1.807, 2.05) is 18.2 Å². The van der Waals surface area contributed by atoms with E-state index in [9.17, 15) is 0 Å². The first kappa shape index (κ1) is 9.85. The fraction of sp³-hybridized carbons (Fsp3) is 0.100. The Balaban J connectivity index is 2.66. The first-order valence-corrected chi connectivity index (χ1v) is 5.63. The van der Waals surface area contributed by atoms with Crippen molar-refractivity contribution in [2.24, 2.45) is 0 Å². The van der Waals surface area contributed by atoms with Gasteiger partial charge in [0.15, 0.2) is 0 Å². The first-order chi connectivity index (χ1) is 6.72. The zero-order chi connectivity index (χ0) is 10.1. The molecule has 0 N–H and O–H groups in total. The largest absolute Gasteiger partial charge is 0.198 e. The fourth-order valence-electron chi connectivity index (χ4n) is 1.28. The van der Waals surface area contributed by atoms with E-state index in [2.05, 4.69) is 18.7 Å². The van der Waals surface area contributed by atoms with Crippen LogP contribution in [0.25, 0.3) is 10.1 Å². The Morgan fingerprint density at radius 1 is 1.50 bits per heavy atom. The van der Waals surface area contributed by atoms with E-state index in [0.717, 1.165) is 19.9 Å². The molecule has 0 radical (unpaired) electrons. The summed E-state index contributed by atoms with van der Waals surface area (Å²) in [7, 11) is 0. The van der Waals surface area contributed by atoms with Crippen LogP contribution < -0.4 is 0 Å². The number of fused-ring (bicyclic) bond motifs is 1. The highest BCUT2D eigenvalue weighted by Crippen LogP contribution is 2.35. The Morgan fingerprint density at radius 2 is 2.29 bits per heavy atom. The highest BCUT2D eigenvalue weighted by molar-refractivity contribution is 7.81. The maximum absolute atomic E-state index is 8.58. The third kappa shape index (κ3) is 1.61. The van der Waals surface area contributed by atoms with Crippen molar-refractivity contribution in [3.05, 3.63) is 28.1 Å². The molecule has 0 amide bonds. The zero-order valence-electron chi connectivity index (χ0n) is 7.12. The summed E-state index contributed by atoms with van der Waals surface area (Å²) in [6, 6.07) is 7.93. The van der Waals surface area contributed by atoms with Crippen LogP contribution in [0.2, 0.25) is 5.02 Å². The van der Waals surface area contributed by atoms with Crippen LogP contribution in [-0.2, 0) is 6.42 Å². The lowest BCUT2D eigenvalue weighted by Gasteiger charge is -1.96. The van der Waals surface area contributed by atoms with Crippen LogP contribution in [0.4, 0.5) is 0 Å². The molecule has 0 saturated heterocycles. The second kappa shape index (κ2) is 3.82. The molecule has 0 fully saturated rings. The molecule has 14 heavy (non-hydrogen) atoms. The van der Waals surface area contributed by atoms with Crippen LogP contribution in [0.5, 0.6) is 0 Å². The van der Waals surface area contributed by atoms with Gasteiger partial charge in [-0.25, -0.2) is 0 Å². The van der Waals surface area contributed by atoms with Gasteiger partial charge < -0.3 is 0 Å². The van der Waals surface area contributed by atoms with Crippen LogP contribution in [0.3, 0.4) is 0 Å². The van der Waals surface area contributed by atoms with Crippen LogP contribution >= 0.6 is 35.6 Å². The number of rotatable bonds is 1. The highest BCUT2D eigenvalue weighted by atomic mass is 35.5. The van der Waals surface area contributed by atoms with Gasteiger partial charge in [-0.1, -0.05) is 17.7 Å². The molecule has 1 nitrogen and oxygen atoms in total. The summed E-state index contributed by atoms with van der Waals surface area (Å²) in [5, 5.41) is 10.3. The Hall–Kier alpha value is -0.690. The standard InChI is InChI=1S/C10H6ClNS2/c11-8-2-1-6-5-7(3-4-12)14-10(6)9(8)13/h1-2,5,13H,3H2. The molecule has 0 aliphatic heterocycles. The minimum absolute atomic E-state index is 0.449. The van der Waals surface area contributed by atoms with Crippen molar-refractivity contribution in [1.82, 2.24) is 0 Å². The summed E-state index contributed by atoms with van der Waals surface area (Å²) < 4.78 is 1.06. The van der Waals surface area contributed by atoms with Crippen molar-refractivity contribution < 1.29 is 0 Å². The summed E-state index contributed by atoms with van der Waals surface area (Å²) in [5.74, 6) is 0. The third-order valence-corrected chi connectivity index (χ3v) is 4.15. The van der Waals surface area contributed by atoms with E-state index in [0.29, 0.717) is 11.4 Å². The first-order valence-electron chi connectivity index (χ1n) is 3.99. The molecule has 0 saturated carbocycles. The van der Waals surface area contributed by atoms with Crippen LogP contribution in [0.1, 0.15) is 4.88 Å². The monoisotopic (exact) mass is 239 g/mol. The van der Waals surface area contributed by atoms with Gasteiger partial charge in [-0.3, -0.25) is 0 Å². The number of nitriles is 1. The molecule has 0 aliphatic rings. The number of nitrogens with zero attached hydrogens (tertiary/aromatic N) is 1. The summed E-state index contributed by atoms with van der Waals surface area (Å²) in [6.07, 6.45) is 0.449. The van der Waals surface area contributed by atoms with Gasteiger partial charge in [0.05, 0.1) is 17.5 Å². The van der Waals surface area contributed by atoms with E-state index in [1.54, 1.807) is 11.3 Å². The van der Waals surface area contributed by atoms with Crippen molar-refractivity contribution >= 4 is 45.7 Å². The van der Waals surface area contributed by atoms with Gasteiger partial charge in [0.1, 0.15) is 0 Å². The summed E-state index contributed by atoms with van der Waals surface area (Å²) in [4.78, 5) is 1.86. The Labute approximate surface area is 96.3 Å². The number of thiophene rings is 1. The molecule has 70 valence electrons. The minimum atomic E-state index is 0.449.